The number of hydrogen-bond donors (Lipinski definition) is 1. The summed E-state index contributed by atoms with van der Waals surface area (Å²) in [6.07, 6.45) is 4.27. The third-order valence-electron chi connectivity index (χ3n) is 5.00. The lowest BCUT2D eigenvalue weighted by Gasteiger charge is -2.37. The van der Waals surface area contributed by atoms with E-state index in [0.717, 1.165) is 36.3 Å². The normalized spacial score (nSPS) is 24.8. The van der Waals surface area contributed by atoms with Crippen molar-refractivity contribution in [1.82, 2.24) is 15.2 Å². The predicted octanol–water partition coefficient (Wildman–Crippen LogP) is 2.88. The molecular formula is C18H21N3O2S. The van der Waals surface area contributed by atoms with Crippen molar-refractivity contribution >= 4 is 33.4 Å². The molecule has 5 nitrogen and oxygen atoms in total. The van der Waals surface area contributed by atoms with E-state index in [0.29, 0.717) is 19.4 Å². The summed E-state index contributed by atoms with van der Waals surface area (Å²) in [4.78, 5) is 31.2. The summed E-state index contributed by atoms with van der Waals surface area (Å²) in [5.74, 6) is 0.150. The van der Waals surface area contributed by atoms with Crippen molar-refractivity contribution in [2.75, 3.05) is 13.1 Å². The van der Waals surface area contributed by atoms with Gasteiger partial charge in [-0.1, -0.05) is 12.1 Å². The second kappa shape index (κ2) is 6.51. The zero-order chi connectivity index (χ0) is 16.5. The number of nitrogens with zero attached hydrogens (tertiary/aromatic N) is 2. The molecule has 2 aliphatic heterocycles. The Morgan fingerprint density at radius 3 is 2.92 bits per heavy atom. The minimum atomic E-state index is -0.0855. The molecule has 2 fully saturated rings. The lowest BCUT2D eigenvalue weighted by atomic mass is 9.94. The van der Waals surface area contributed by atoms with Crippen LogP contribution in [-0.2, 0) is 9.59 Å². The van der Waals surface area contributed by atoms with Crippen molar-refractivity contribution in [3.8, 4) is 0 Å². The van der Waals surface area contributed by atoms with Crippen LogP contribution in [0.15, 0.2) is 24.3 Å². The third kappa shape index (κ3) is 2.90. The van der Waals surface area contributed by atoms with E-state index >= 15 is 0 Å². The highest BCUT2D eigenvalue weighted by molar-refractivity contribution is 7.18. The molecule has 2 aliphatic rings. The first-order chi connectivity index (χ1) is 11.7. The lowest BCUT2D eigenvalue weighted by Crippen LogP contribution is -2.47. The van der Waals surface area contributed by atoms with Gasteiger partial charge in [-0.15, -0.1) is 11.3 Å². The van der Waals surface area contributed by atoms with Crippen molar-refractivity contribution in [3.63, 3.8) is 0 Å². The highest BCUT2D eigenvalue weighted by atomic mass is 32.1. The zero-order valence-electron chi connectivity index (χ0n) is 13.5. The Hall–Kier alpha value is -1.95. The maximum atomic E-state index is 13.0. The van der Waals surface area contributed by atoms with Gasteiger partial charge in [-0.3, -0.25) is 9.59 Å². The molecule has 1 aromatic carbocycles. The van der Waals surface area contributed by atoms with Gasteiger partial charge in [0.2, 0.25) is 11.8 Å². The summed E-state index contributed by atoms with van der Waals surface area (Å²) in [5.41, 5.74) is 1.01. The molecule has 2 unspecified atom stereocenters. The van der Waals surface area contributed by atoms with Crippen LogP contribution in [0.2, 0.25) is 0 Å². The third-order valence-corrected chi connectivity index (χ3v) is 6.13. The number of rotatable bonds is 2. The van der Waals surface area contributed by atoms with E-state index < -0.39 is 0 Å². The number of thiazole rings is 1. The van der Waals surface area contributed by atoms with Crippen LogP contribution in [-0.4, -0.2) is 34.8 Å². The molecule has 2 atom stereocenters. The predicted molar refractivity (Wildman–Crippen MR) is 93.7 cm³/mol. The largest absolute Gasteiger partial charge is 0.355 e. The number of piperidine rings is 2. The van der Waals surface area contributed by atoms with Gasteiger partial charge < -0.3 is 10.2 Å². The molecule has 0 aliphatic carbocycles. The SMILES string of the molecule is O=C1CCC(C(=O)N2CCCCC2c2nc3ccccc3s2)CN1. The minimum absolute atomic E-state index is 0.0559. The number of carbonyl (C=O) groups is 2. The number of hydrogen-bond acceptors (Lipinski definition) is 4. The second-order valence-corrected chi connectivity index (χ2v) is 7.66. The highest BCUT2D eigenvalue weighted by Gasteiger charge is 2.35. The molecule has 0 bridgehead atoms. The van der Waals surface area contributed by atoms with Gasteiger partial charge in [0.05, 0.1) is 22.2 Å². The number of nitrogens with one attached hydrogen (secondary N) is 1. The number of likely N-dealkylation sites (tertiary alicyclic amines) is 1. The van der Waals surface area contributed by atoms with E-state index in [-0.39, 0.29) is 23.8 Å². The molecule has 3 heterocycles. The standard InChI is InChI=1S/C18H21N3O2S/c22-16-9-8-12(11-19-16)18(23)21-10-4-3-6-14(21)17-20-13-5-1-2-7-15(13)24-17/h1-2,5,7,12,14H,3-4,6,8-11H2,(H,19,22). The van der Waals surface area contributed by atoms with Crippen LogP contribution in [0.3, 0.4) is 0 Å². The average molecular weight is 343 g/mol. The zero-order valence-corrected chi connectivity index (χ0v) is 14.3. The first-order valence-electron chi connectivity index (χ1n) is 8.65. The van der Waals surface area contributed by atoms with Crippen LogP contribution in [0.4, 0.5) is 0 Å². The van der Waals surface area contributed by atoms with Gasteiger partial charge in [0.1, 0.15) is 5.01 Å². The summed E-state index contributed by atoms with van der Waals surface area (Å²) in [6, 6.07) is 8.23. The summed E-state index contributed by atoms with van der Waals surface area (Å²) >= 11 is 1.70. The molecule has 126 valence electrons. The molecule has 2 aromatic rings. The van der Waals surface area contributed by atoms with Gasteiger partial charge in [0, 0.05) is 19.5 Å². The summed E-state index contributed by atoms with van der Waals surface area (Å²) in [6.45, 7) is 1.27. The number of fused-ring (bicyclic) bond motifs is 1. The smallest absolute Gasteiger partial charge is 0.228 e. The van der Waals surface area contributed by atoms with Crippen LogP contribution in [0.5, 0.6) is 0 Å². The molecule has 0 saturated carbocycles. The van der Waals surface area contributed by atoms with Crippen molar-refractivity contribution < 1.29 is 9.59 Å². The first kappa shape index (κ1) is 15.6. The van der Waals surface area contributed by atoms with Crippen molar-refractivity contribution in [3.05, 3.63) is 29.3 Å². The summed E-state index contributed by atoms with van der Waals surface area (Å²) in [7, 11) is 0. The monoisotopic (exact) mass is 343 g/mol. The molecule has 24 heavy (non-hydrogen) atoms. The fourth-order valence-corrected chi connectivity index (χ4v) is 4.78. The number of benzene rings is 1. The number of carbonyl (C=O) groups excluding carboxylic acids is 2. The van der Waals surface area contributed by atoms with E-state index in [1.807, 2.05) is 23.1 Å². The van der Waals surface area contributed by atoms with Crippen LogP contribution < -0.4 is 5.32 Å². The Kier molecular flexibility index (Phi) is 4.22. The Morgan fingerprint density at radius 2 is 2.12 bits per heavy atom. The van der Waals surface area contributed by atoms with Crippen LogP contribution in [0.25, 0.3) is 10.2 Å². The van der Waals surface area contributed by atoms with E-state index in [1.54, 1.807) is 11.3 Å². The topological polar surface area (TPSA) is 62.3 Å². The number of aromatic nitrogens is 1. The Labute approximate surface area is 145 Å². The van der Waals surface area contributed by atoms with Crippen LogP contribution in [0, 0.1) is 5.92 Å². The van der Waals surface area contributed by atoms with Gasteiger partial charge in [-0.05, 0) is 37.8 Å². The molecule has 1 aromatic heterocycles. The maximum absolute atomic E-state index is 13.0. The maximum Gasteiger partial charge on any atom is 0.228 e. The van der Waals surface area contributed by atoms with E-state index in [4.69, 9.17) is 4.98 Å². The molecule has 0 spiro atoms. The highest BCUT2D eigenvalue weighted by Crippen LogP contribution is 2.36. The summed E-state index contributed by atoms with van der Waals surface area (Å²) in [5, 5.41) is 3.87. The van der Waals surface area contributed by atoms with Gasteiger partial charge in [0.15, 0.2) is 0 Å². The molecule has 6 heteroatoms. The van der Waals surface area contributed by atoms with Gasteiger partial charge in [0.25, 0.3) is 0 Å². The second-order valence-electron chi connectivity index (χ2n) is 6.60. The van der Waals surface area contributed by atoms with Gasteiger partial charge >= 0.3 is 0 Å². The van der Waals surface area contributed by atoms with Crippen molar-refractivity contribution in [2.24, 2.45) is 5.92 Å². The van der Waals surface area contributed by atoms with Crippen molar-refractivity contribution in [2.45, 2.75) is 38.1 Å². The Morgan fingerprint density at radius 1 is 1.25 bits per heavy atom. The molecular weight excluding hydrogens is 322 g/mol. The molecule has 2 saturated heterocycles. The number of para-hydroxylation sites is 1. The van der Waals surface area contributed by atoms with Crippen molar-refractivity contribution in [1.29, 1.82) is 0 Å². The van der Waals surface area contributed by atoms with Gasteiger partial charge in [-0.2, -0.15) is 0 Å². The fraction of sp³-hybridized carbons (Fsp3) is 0.500. The Bertz CT molecular complexity index is 729. The molecule has 4 rings (SSSR count). The van der Waals surface area contributed by atoms with E-state index in [2.05, 4.69) is 11.4 Å². The van der Waals surface area contributed by atoms with Crippen LogP contribution in [0.1, 0.15) is 43.2 Å². The first-order valence-corrected chi connectivity index (χ1v) is 9.46. The lowest BCUT2D eigenvalue weighted by molar-refractivity contribution is -0.141. The Balaban J connectivity index is 1.58. The minimum Gasteiger partial charge on any atom is -0.355 e. The quantitative estimate of drug-likeness (QED) is 0.912. The molecule has 2 amide bonds. The summed E-state index contributed by atoms with van der Waals surface area (Å²) < 4.78 is 1.18. The van der Waals surface area contributed by atoms with E-state index in [1.165, 1.54) is 4.70 Å². The molecule has 0 radical (unpaired) electrons. The fourth-order valence-electron chi connectivity index (χ4n) is 3.66. The van der Waals surface area contributed by atoms with Gasteiger partial charge in [-0.25, -0.2) is 4.98 Å². The van der Waals surface area contributed by atoms with E-state index in [9.17, 15) is 9.59 Å². The number of amides is 2. The van der Waals surface area contributed by atoms with Crippen LogP contribution >= 0.6 is 11.3 Å². The molecule has 1 N–H and O–H groups in total. The average Bonchev–Trinajstić information content (AvgIpc) is 3.06.